The number of aliphatic hydroxyl groups excluding tert-OH is 2. The molecule has 0 aliphatic carbocycles. The summed E-state index contributed by atoms with van der Waals surface area (Å²) >= 11 is 0. The molecule has 16 nitrogen and oxygen atoms in total. The van der Waals surface area contributed by atoms with Crippen LogP contribution in [0.1, 0.15) is 80.6 Å². The molecular formula is C39H63NO15. The summed E-state index contributed by atoms with van der Waals surface area (Å²) in [5, 5.41) is 34.3. The number of allylic oxidation sites excluding steroid dienone is 2. The first-order valence-corrected chi connectivity index (χ1v) is 19.0. The van der Waals surface area contributed by atoms with E-state index in [0.717, 1.165) is 0 Å². The van der Waals surface area contributed by atoms with E-state index in [9.17, 15) is 34.5 Å². The number of hydrogen-bond donors (Lipinski definition) is 3. The number of aldehydes is 1. The van der Waals surface area contributed by atoms with Crippen molar-refractivity contribution >= 4 is 24.2 Å². The maximum absolute atomic E-state index is 13.2. The van der Waals surface area contributed by atoms with E-state index in [1.54, 1.807) is 64.1 Å². The molecule has 3 heterocycles. The molecule has 16 heteroatoms. The van der Waals surface area contributed by atoms with Crippen molar-refractivity contribution < 1.29 is 72.4 Å². The number of likely N-dealkylation sites (N-methyl/N-ethyl adjacent to an activating group) is 1. The predicted octanol–water partition coefficient (Wildman–Crippen LogP) is 1.99. The number of nitrogens with zero attached hydrogens (tertiary/aromatic N) is 1. The second kappa shape index (κ2) is 21.1. The molecule has 0 unspecified atom stereocenters. The van der Waals surface area contributed by atoms with E-state index in [4.69, 9.17) is 37.9 Å². The van der Waals surface area contributed by atoms with Gasteiger partial charge in [-0.3, -0.25) is 14.4 Å². The summed E-state index contributed by atoms with van der Waals surface area (Å²) in [7, 11) is 4.84. The number of aliphatic hydroxyl groups is 3. The van der Waals surface area contributed by atoms with Gasteiger partial charge in [0.1, 0.15) is 42.4 Å². The molecule has 2 fully saturated rings. The predicted molar refractivity (Wildman–Crippen MR) is 196 cm³/mol. The Balaban J connectivity index is 2.01. The van der Waals surface area contributed by atoms with Crippen molar-refractivity contribution in [2.75, 3.05) is 21.2 Å². The number of carbonyl (C=O) groups excluding carboxylic acids is 4. The Kier molecular flexibility index (Phi) is 17.9. The number of methoxy groups -OCH3 is 1. The van der Waals surface area contributed by atoms with E-state index in [2.05, 4.69) is 0 Å². The number of ether oxygens (including phenoxy) is 8. The lowest BCUT2D eigenvalue weighted by atomic mass is 9.82. The van der Waals surface area contributed by atoms with Crippen molar-refractivity contribution in [3.05, 3.63) is 24.3 Å². The fraction of sp³-hybridized carbons (Fsp3) is 0.795. The molecule has 16 atom stereocenters. The van der Waals surface area contributed by atoms with Gasteiger partial charge in [-0.25, -0.2) is 0 Å². The summed E-state index contributed by atoms with van der Waals surface area (Å²) in [5.41, 5.74) is -1.49. The standard InChI is InChI=1S/C39H63NO15/c1-21-18-27(16-17-41)35(36(48-10)29(52-25(5)42)19-30(45)49-22(2)14-12-11-13-15-28(21)44)55-38-33(46)32(40(8)9)34(23(3)51-38)54-31-20-39(7,47)37(24(4)50-31)53-26(6)43/h11-13,15,17,21-24,27-29,31-38,44,46-47H,14,16,18-20H2,1-10H3/b12-11-,15-13+/t21-,22-,23+,24+,27+,28+,29-,31+,32+,33-,34-,35+,36+,37+,38+,39-/m1/s1. The first-order chi connectivity index (χ1) is 25.8. The van der Waals surface area contributed by atoms with Crippen LogP contribution in [0.25, 0.3) is 0 Å². The second-order valence-electron chi connectivity index (χ2n) is 15.5. The van der Waals surface area contributed by atoms with Crippen LogP contribution < -0.4 is 0 Å². The molecule has 0 radical (unpaired) electrons. The van der Waals surface area contributed by atoms with E-state index in [1.807, 2.05) is 6.92 Å². The number of hydrogen-bond acceptors (Lipinski definition) is 16. The highest BCUT2D eigenvalue weighted by Gasteiger charge is 2.52. The monoisotopic (exact) mass is 785 g/mol. The van der Waals surface area contributed by atoms with Crippen molar-refractivity contribution in [2.45, 2.75) is 166 Å². The maximum atomic E-state index is 13.2. The SMILES string of the molecule is CO[C@@H]1[C@@H](O[C@@H]2O[C@@H](C)[C@@H](O[C@H]3C[C@@](C)(O)[C@@H](OC(C)=O)[C@H](C)O3)[C@@H](N(C)C)[C@H]2O)[C@@H](CC=O)C[C@@H](C)[C@@H](O)/C=C/C=C\C[C@@H](C)OC(=O)C[C@H]1OC(C)=O. The lowest BCUT2D eigenvalue weighted by Crippen LogP contribution is -2.66. The van der Waals surface area contributed by atoms with Gasteiger partial charge in [0, 0.05) is 40.2 Å². The molecule has 3 aliphatic rings. The molecule has 0 aromatic rings. The summed E-state index contributed by atoms with van der Waals surface area (Å²) in [4.78, 5) is 51.3. The summed E-state index contributed by atoms with van der Waals surface area (Å²) in [6.45, 7) is 10.9. The molecule has 0 saturated carbocycles. The molecule has 3 rings (SSSR count). The molecule has 55 heavy (non-hydrogen) atoms. The summed E-state index contributed by atoms with van der Waals surface area (Å²) < 4.78 is 48.0. The molecule has 0 amide bonds. The summed E-state index contributed by atoms with van der Waals surface area (Å²) in [5.74, 6) is -3.01. The van der Waals surface area contributed by atoms with Crippen LogP contribution in [0.5, 0.6) is 0 Å². The summed E-state index contributed by atoms with van der Waals surface area (Å²) in [6, 6.07) is -0.778. The molecule has 314 valence electrons. The molecule has 0 bridgehead atoms. The van der Waals surface area contributed by atoms with Gasteiger partial charge in [-0.15, -0.1) is 0 Å². The van der Waals surface area contributed by atoms with Crippen LogP contribution in [0.15, 0.2) is 24.3 Å². The van der Waals surface area contributed by atoms with E-state index in [-0.39, 0.29) is 19.3 Å². The normalized spacial score (nSPS) is 42.1. The molecule has 3 aliphatic heterocycles. The number of rotatable bonds is 10. The zero-order valence-electron chi connectivity index (χ0n) is 33.8. The van der Waals surface area contributed by atoms with Crippen molar-refractivity contribution in [3.63, 3.8) is 0 Å². The topological polar surface area (TPSA) is 206 Å². The average Bonchev–Trinajstić information content (AvgIpc) is 3.06. The Hall–Kier alpha value is -2.80. The molecular weight excluding hydrogens is 722 g/mol. The van der Waals surface area contributed by atoms with Gasteiger partial charge in [-0.1, -0.05) is 31.2 Å². The molecule has 0 aromatic heterocycles. The third-order valence-corrected chi connectivity index (χ3v) is 10.4. The van der Waals surface area contributed by atoms with Gasteiger partial charge < -0.3 is 62.9 Å². The van der Waals surface area contributed by atoms with Crippen LogP contribution in [0.3, 0.4) is 0 Å². The van der Waals surface area contributed by atoms with Crippen LogP contribution in [-0.4, -0.2) is 151 Å². The third kappa shape index (κ3) is 13.1. The fourth-order valence-electron chi connectivity index (χ4n) is 7.73. The van der Waals surface area contributed by atoms with Crippen LogP contribution in [-0.2, 0) is 57.1 Å². The highest BCUT2D eigenvalue weighted by atomic mass is 16.7. The lowest BCUT2D eigenvalue weighted by Gasteiger charge is -2.50. The Labute approximate surface area is 324 Å². The maximum Gasteiger partial charge on any atom is 0.309 e. The lowest BCUT2D eigenvalue weighted by molar-refractivity contribution is -0.344. The van der Waals surface area contributed by atoms with Gasteiger partial charge in [0.15, 0.2) is 18.7 Å². The highest BCUT2D eigenvalue weighted by molar-refractivity contribution is 5.72. The highest BCUT2D eigenvalue weighted by Crippen LogP contribution is 2.37. The quantitative estimate of drug-likeness (QED) is 0.165. The first-order valence-electron chi connectivity index (χ1n) is 19.0. The van der Waals surface area contributed by atoms with Crippen molar-refractivity contribution in [1.82, 2.24) is 4.90 Å². The number of carbonyl (C=O) groups is 4. The Morgan fingerprint density at radius 1 is 0.982 bits per heavy atom. The van der Waals surface area contributed by atoms with Gasteiger partial charge in [-0.2, -0.15) is 0 Å². The minimum atomic E-state index is -1.49. The van der Waals surface area contributed by atoms with Gasteiger partial charge in [0.25, 0.3) is 0 Å². The zero-order chi connectivity index (χ0) is 41.2. The Morgan fingerprint density at radius 2 is 1.65 bits per heavy atom. The zero-order valence-corrected chi connectivity index (χ0v) is 33.8. The largest absolute Gasteiger partial charge is 0.462 e. The van der Waals surface area contributed by atoms with Gasteiger partial charge in [-0.05, 0) is 60.0 Å². The van der Waals surface area contributed by atoms with Gasteiger partial charge >= 0.3 is 17.9 Å². The Bertz CT molecular complexity index is 1320. The van der Waals surface area contributed by atoms with Crippen LogP contribution in [0.4, 0.5) is 0 Å². The van der Waals surface area contributed by atoms with Gasteiger partial charge in [0.2, 0.25) is 0 Å². The average molecular weight is 786 g/mol. The Morgan fingerprint density at radius 3 is 2.24 bits per heavy atom. The van der Waals surface area contributed by atoms with Crippen molar-refractivity contribution in [3.8, 4) is 0 Å². The fourth-order valence-corrected chi connectivity index (χ4v) is 7.73. The number of cyclic esters (lactones) is 1. The van der Waals surface area contributed by atoms with Crippen molar-refractivity contribution in [2.24, 2.45) is 11.8 Å². The summed E-state index contributed by atoms with van der Waals surface area (Å²) in [6.07, 6.45) is -4.26. The van der Waals surface area contributed by atoms with Crippen LogP contribution in [0, 0.1) is 11.8 Å². The molecule has 0 spiro atoms. The molecule has 2 saturated heterocycles. The van der Waals surface area contributed by atoms with E-state index >= 15 is 0 Å². The van der Waals surface area contributed by atoms with E-state index in [0.29, 0.717) is 12.7 Å². The minimum Gasteiger partial charge on any atom is -0.462 e. The second-order valence-corrected chi connectivity index (χ2v) is 15.5. The van der Waals surface area contributed by atoms with Crippen LogP contribution in [0.2, 0.25) is 0 Å². The van der Waals surface area contributed by atoms with E-state index in [1.165, 1.54) is 27.9 Å². The smallest absolute Gasteiger partial charge is 0.309 e. The van der Waals surface area contributed by atoms with E-state index < -0.39 is 121 Å². The molecule has 0 aromatic carbocycles. The van der Waals surface area contributed by atoms with Crippen LogP contribution >= 0.6 is 0 Å². The minimum absolute atomic E-state index is 0.0477. The first kappa shape index (κ1) is 46.6. The molecule has 3 N–H and O–H groups in total. The van der Waals surface area contributed by atoms with Gasteiger partial charge in [0.05, 0.1) is 36.9 Å². The number of esters is 3. The van der Waals surface area contributed by atoms with Crippen molar-refractivity contribution in [1.29, 1.82) is 0 Å². The third-order valence-electron chi connectivity index (χ3n) is 10.4.